The van der Waals surface area contributed by atoms with Crippen molar-refractivity contribution >= 4 is 0 Å². The molecule has 0 aliphatic carbocycles. The molecule has 90 valence electrons. The van der Waals surface area contributed by atoms with E-state index in [0.29, 0.717) is 6.92 Å². The van der Waals surface area contributed by atoms with E-state index in [0.717, 1.165) is 5.56 Å². The molecule has 0 amide bonds. The fourth-order valence-electron chi connectivity index (χ4n) is 1.34. The number of benzene rings is 1. The van der Waals surface area contributed by atoms with Crippen LogP contribution in [0.3, 0.4) is 0 Å². The molecule has 0 radical (unpaired) electrons. The molecule has 1 rings (SSSR count). The Balaban J connectivity index is 3.07. The molecule has 1 atom stereocenters. The van der Waals surface area contributed by atoms with Gasteiger partial charge < -0.3 is 0 Å². The lowest BCUT2D eigenvalue weighted by Gasteiger charge is -2.24. The normalized spacial score (nSPS) is 16.2. The highest BCUT2D eigenvalue weighted by atomic mass is 19.4. The monoisotopic (exact) mass is 234 g/mol. The fraction of sp³-hybridized carbons (Fsp3) is 0.500. The summed E-state index contributed by atoms with van der Waals surface area (Å²) in [6, 6.07) is 5.46. The van der Waals surface area contributed by atoms with Gasteiger partial charge in [-0.05, 0) is 24.0 Å². The van der Waals surface area contributed by atoms with Gasteiger partial charge >= 0.3 is 6.18 Å². The molecule has 1 aromatic rings. The summed E-state index contributed by atoms with van der Waals surface area (Å²) in [5.74, 6) is 0.214. The predicted octanol–water partition coefficient (Wildman–Crippen LogP) is 4.56. The molecule has 0 nitrogen and oxygen atoms in total. The molecular formula is C12H14F4. The van der Waals surface area contributed by atoms with Gasteiger partial charge in [0.25, 0.3) is 0 Å². The minimum Gasteiger partial charge on any atom is -0.229 e. The Bertz CT molecular complexity index is 346. The third kappa shape index (κ3) is 2.36. The molecule has 0 spiro atoms. The van der Waals surface area contributed by atoms with Crippen molar-refractivity contribution < 1.29 is 17.6 Å². The minimum absolute atomic E-state index is 0.214. The lowest BCUT2D eigenvalue weighted by molar-refractivity contribution is -0.228. The van der Waals surface area contributed by atoms with Gasteiger partial charge in [0.1, 0.15) is 0 Å². The smallest absolute Gasteiger partial charge is 0.229 e. The molecule has 0 fully saturated rings. The molecule has 0 aliphatic rings. The Morgan fingerprint density at radius 1 is 0.938 bits per heavy atom. The third-order valence-electron chi connectivity index (χ3n) is 2.65. The van der Waals surface area contributed by atoms with E-state index in [-0.39, 0.29) is 11.5 Å². The van der Waals surface area contributed by atoms with E-state index < -0.39 is 11.8 Å². The number of hydrogen-bond donors (Lipinski definition) is 0. The molecule has 0 saturated carbocycles. The average molecular weight is 234 g/mol. The Kier molecular flexibility index (Phi) is 3.31. The highest BCUT2D eigenvalue weighted by Gasteiger charge is 2.53. The summed E-state index contributed by atoms with van der Waals surface area (Å²) in [5, 5.41) is 0. The Hall–Kier alpha value is -1.06. The summed E-state index contributed by atoms with van der Waals surface area (Å²) >= 11 is 0. The van der Waals surface area contributed by atoms with Crippen molar-refractivity contribution in [3.63, 3.8) is 0 Å². The van der Waals surface area contributed by atoms with E-state index in [1.54, 1.807) is 0 Å². The van der Waals surface area contributed by atoms with Crippen LogP contribution in [-0.4, -0.2) is 6.18 Å². The summed E-state index contributed by atoms with van der Waals surface area (Å²) in [7, 11) is 0. The highest BCUT2D eigenvalue weighted by Crippen LogP contribution is 2.42. The van der Waals surface area contributed by atoms with Gasteiger partial charge in [-0.2, -0.15) is 13.2 Å². The van der Waals surface area contributed by atoms with Crippen molar-refractivity contribution in [1.82, 2.24) is 0 Å². The van der Waals surface area contributed by atoms with Crippen LogP contribution in [0.4, 0.5) is 17.6 Å². The quantitative estimate of drug-likeness (QED) is 0.658. The Labute approximate surface area is 92.3 Å². The van der Waals surface area contributed by atoms with Gasteiger partial charge in [-0.15, -0.1) is 0 Å². The van der Waals surface area contributed by atoms with Crippen LogP contribution in [0.5, 0.6) is 0 Å². The number of hydrogen-bond acceptors (Lipinski definition) is 0. The lowest BCUT2D eigenvalue weighted by atomic mass is 9.94. The van der Waals surface area contributed by atoms with E-state index in [4.69, 9.17) is 0 Å². The van der Waals surface area contributed by atoms with Crippen LogP contribution in [0, 0.1) is 0 Å². The maximum absolute atomic E-state index is 13.5. The van der Waals surface area contributed by atoms with Crippen LogP contribution < -0.4 is 0 Å². The topological polar surface area (TPSA) is 0 Å². The van der Waals surface area contributed by atoms with Gasteiger partial charge in [-0.1, -0.05) is 38.1 Å². The second kappa shape index (κ2) is 4.07. The molecule has 16 heavy (non-hydrogen) atoms. The van der Waals surface area contributed by atoms with E-state index >= 15 is 0 Å². The molecule has 4 heteroatoms. The van der Waals surface area contributed by atoms with Gasteiger partial charge in [0.05, 0.1) is 0 Å². The van der Waals surface area contributed by atoms with Crippen LogP contribution >= 0.6 is 0 Å². The Morgan fingerprint density at radius 3 is 1.69 bits per heavy atom. The zero-order valence-electron chi connectivity index (χ0n) is 9.40. The maximum Gasteiger partial charge on any atom is 0.426 e. The highest BCUT2D eigenvalue weighted by molar-refractivity contribution is 5.29. The van der Waals surface area contributed by atoms with Crippen molar-refractivity contribution in [2.24, 2.45) is 0 Å². The molecular weight excluding hydrogens is 220 g/mol. The van der Waals surface area contributed by atoms with Crippen LogP contribution in [0.2, 0.25) is 0 Å². The first-order valence-electron chi connectivity index (χ1n) is 5.02. The van der Waals surface area contributed by atoms with Crippen LogP contribution in [0.1, 0.15) is 37.8 Å². The Morgan fingerprint density at radius 2 is 1.38 bits per heavy atom. The van der Waals surface area contributed by atoms with Crippen molar-refractivity contribution in [3.05, 3.63) is 35.4 Å². The first kappa shape index (κ1) is 13.0. The molecule has 1 unspecified atom stereocenters. The van der Waals surface area contributed by atoms with Crippen LogP contribution in [-0.2, 0) is 5.67 Å². The average Bonchev–Trinajstić information content (AvgIpc) is 2.16. The van der Waals surface area contributed by atoms with Crippen molar-refractivity contribution in [3.8, 4) is 0 Å². The molecule has 0 heterocycles. The van der Waals surface area contributed by atoms with Crippen LogP contribution in [0.25, 0.3) is 0 Å². The van der Waals surface area contributed by atoms with Gasteiger partial charge in [0.15, 0.2) is 0 Å². The molecule has 0 aliphatic heterocycles. The lowest BCUT2D eigenvalue weighted by Crippen LogP contribution is -2.34. The summed E-state index contributed by atoms with van der Waals surface area (Å²) in [4.78, 5) is 0. The summed E-state index contributed by atoms with van der Waals surface area (Å²) in [6.07, 6.45) is -4.88. The first-order chi connectivity index (χ1) is 7.16. The minimum atomic E-state index is -4.88. The van der Waals surface area contributed by atoms with Crippen LogP contribution in [0.15, 0.2) is 24.3 Å². The zero-order valence-corrected chi connectivity index (χ0v) is 9.40. The molecule has 0 saturated heterocycles. The third-order valence-corrected chi connectivity index (χ3v) is 2.65. The first-order valence-corrected chi connectivity index (χ1v) is 5.02. The van der Waals surface area contributed by atoms with E-state index in [9.17, 15) is 17.6 Å². The summed E-state index contributed by atoms with van der Waals surface area (Å²) in [6.45, 7) is 4.39. The zero-order chi connectivity index (χ0) is 12.6. The SMILES string of the molecule is CC(C)c1ccc(C(C)(F)C(F)(F)F)cc1. The van der Waals surface area contributed by atoms with E-state index in [2.05, 4.69) is 0 Å². The van der Waals surface area contributed by atoms with Crippen molar-refractivity contribution in [1.29, 1.82) is 0 Å². The maximum atomic E-state index is 13.5. The van der Waals surface area contributed by atoms with Crippen molar-refractivity contribution in [2.75, 3.05) is 0 Å². The van der Waals surface area contributed by atoms with Gasteiger partial charge in [0, 0.05) is 0 Å². The molecule has 0 aromatic heterocycles. The molecule has 0 bridgehead atoms. The molecule has 0 N–H and O–H groups in total. The summed E-state index contributed by atoms with van der Waals surface area (Å²) in [5.41, 5.74) is -2.76. The number of alkyl halides is 4. The van der Waals surface area contributed by atoms with Gasteiger partial charge in [0.2, 0.25) is 5.67 Å². The fourth-order valence-corrected chi connectivity index (χ4v) is 1.34. The van der Waals surface area contributed by atoms with Gasteiger partial charge in [-0.3, -0.25) is 0 Å². The number of halogens is 4. The van der Waals surface area contributed by atoms with Gasteiger partial charge in [-0.25, -0.2) is 4.39 Å². The van der Waals surface area contributed by atoms with E-state index in [1.165, 1.54) is 24.3 Å². The largest absolute Gasteiger partial charge is 0.426 e. The predicted molar refractivity (Wildman–Crippen MR) is 55.0 cm³/mol. The number of rotatable bonds is 2. The second-order valence-electron chi connectivity index (χ2n) is 4.28. The van der Waals surface area contributed by atoms with Crippen molar-refractivity contribution in [2.45, 2.75) is 38.5 Å². The summed E-state index contributed by atoms with van der Waals surface area (Å²) < 4.78 is 50.7. The molecule has 1 aromatic carbocycles. The second-order valence-corrected chi connectivity index (χ2v) is 4.28. The van der Waals surface area contributed by atoms with E-state index in [1.807, 2.05) is 13.8 Å². The standard InChI is InChI=1S/C12H14F4/c1-8(2)9-4-6-10(7-5-9)11(3,13)12(14,15)16/h4-8H,1-3H3.